The molecule has 1 aliphatic carbocycles. The second kappa shape index (κ2) is 14.7. The molecular formula is C59H36N4O2. The summed E-state index contributed by atoms with van der Waals surface area (Å²) in [6, 6.07) is 76.0. The van der Waals surface area contributed by atoms with Crippen molar-refractivity contribution in [1.29, 1.82) is 0 Å². The molecule has 304 valence electrons. The van der Waals surface area contributed by atoms with Gasteiger partial charge in [0.2, 0.25) is 5.89 Å². The van der Waals surface area contributed by atoms with Crippen LogP contribution in [0.4, 0.5) is 0 Å². The quantitative estimate of drug-likeness (QED) is 0.159. The number of hydrogen-bond acceptors (Lipinski definition) is 6. The van der Waals surface area contributed by atoms with Gasteiger partial charge < -0.3 is 8.83 Å². The lowest BCUT2D eigenvalue weighted by atomic mass is 9.67. The van der Waals surface area contributed by atoms with E-state index in [2.05, 4.69) is 127 Å². The van der Waals surface area contributed by atoms with Gasteiger partial charge in [-0.15, -0.1) is 0 Å². The molecule has 3 heterocycles. The van der Waals surface area contributed by atoms with Gasteiger partial charge >= 0.3 is 0 Å². The van der Waals surface area contributed by atoms with Crippen molar-refractivity contribution in [1.82, 2.24) is 19.9 Å². The van der Waals surface area contributed by atoms with Crippen molar-refractivity contribution in [2.45, 2.75) is 5.41 Å². The minimum atomic E-state index is -0.594. The highest BCUT2D eigenvalue weighted by atomic mass is 16.3. The highest BCUT2D eigenvalue weighted by Crippen LogP contribution is 2.56. The number of para-hydroxylation sites is 2. The maximum absolute atomic E-state index is 6.49. The average molecular weight is 833 g/mol. The predicted molar refractivity (Wildman–Crippen MR) is 259 cm³/mol. The Bertz CT molecular complexity index is 3720. The number of nitrogens with zero attached hydrogens (tertiary/aromatic N) is 4. The molecule has 0 saturated carbocycles. The van der Waals surface area contributed by atoms with Gasteiger partial charge in [-0.2, -0.15) is 0 Å². The summed E-state index contributed by atoms with van der Waals surface area (Å²) in [4.78, 5) is 20.0. The maximum Gasteiger partial charge on any atom is 0.227 e. The zero-order valence-corrected chi connectivity index (χ0v) is 34.9. The second-order valence-corrected chi connectivity index (χ2v) is 16.5. The first kappa shape index (κ1) is 36.9. The van der Waals surface area contributed by atoms with Crippen LogP contribution >= 0.6 is 0 Å². The predicted octanol–water partition coefficient (Wildman–Crippen LogP) is 14.6. The molecule has 6 heteroatoms. The standard InChI is InChI=1S/C59H36N4O2/c1-3-14-39(15-4-1)55-61-56(63-57(62-55)48-22-13-21-47-46-20-9-12-25-52(46)64-54(47)48)40-28-26-37(27-29-40)38-30-32-42(33-31-38)59(49-23-10-7-18-44(49)45-19-8-11-24-50(45)59)43-34-35-51-53(36-43)65-58(60-51)41-16-5-2-6-17-41/h1-36H. The van der Waals surface area contributed by atoms with E-state index < -0.39 is 5.41 Å². The van der Waals surface area contributed by atoms with Crippen LogP contribution in [0, 0.1) is 0 Å². The molecule has 13 rings (SSSR count). The molecule has 0 aliphatic heterocycles. The molecule has 9 aromatic carbocycles. The molecule has 0 spiro atoms. The van der Waals surface area contributed by atoms with E-state index in [4.69, 9.17) is 28.8 Å². The topological polar surface area (TPSA) is 77.8 Å². The third kappa shape index (κ3) is 5.88. The molecular weight excluding hydrogens is 797 g/mol. The number of oxazole rings is 1. The Labute approximate surface area is 374 Å². The highest BCUT2D eigenvalue weighted by molar-refractivity contribution is 6.09. The normalized spacial score (nSPS) is 12.7. The largest absolute Gasteiger partial charge is 0.455 e. The summed E-state index contributed by atoms with van der Waals surface area (Å²) >= 11 is 0. The van der Waals surface area contributed by atoms with Gasteiger partial charge in [0.15, 0.2) is 23.1 Å². The fourth-order valence-corrected chi connectivity index (χ4v) is 9.88. The van der Waals surface area contributed by atoms with Crippen molar-refractivity contribution < 1.29 is 8.83 Å². The summed E-state index contributed by atoms with van der Waals surface area (Å²) in [5, 5.41) is 2.08. The molecule has 0 saturated heterocycles. The molecule has 0 radical (unpaired) electrons. The first-order valence-corrected chi connectivity index (χ1v) is 21.8. The van der Waals surface area contributed by atoms with Crippen molar-refractivity contribution >= 4 is 33.0 Å². The number of furan rings is 1. The Morgan fingerprint density at radius 2 is 0.846 bits per heavy atom. The molecule has 0 fully saturated rings. The molecule has 0 unspecified atom stereocenters. The van der Waals surface area contributed by atoms with Gasteiger partial charge in [-0.1, -0.05) is 182 Å². The van der Waals surface area contributed by atoms with Gasteiger partial charge in [0.1, 0.15) is 16.7 Å². The van der Waals surface area contributed by atoms with Crippen molar-refractivity contribution in [2.24, 2.45) is 0 Å². The van der Waals surface area contributed by atoms with Crippen molar-refractivity contribution in [3.63, 3.8) is 0 Å². The molecule has 3 aromatic heterocycles. The SMILES string of the molecule is c1ccc(-c2nc(-c3ccc(-c4ccc(C5(c6ccc7nc(-c8ccccc8)oc7c6)c6ccccc6-c6ccccc65)cc4)cc3)nc(-c3cccc4c3oc3ccccc34)n2)cc1. The monoisotopic (exact) mass is 832 g/mol. The lowest BCUT2D eigenvalue weighted by Gasteiger charge is -2.34. The third-order valence-electron chi connectivity index (χ3n) is 12.9. The molecule has 65 heavy (non-hydrogen) atoms. The van der Waals surface area contributed by atoms with Crippen LogP contribution in [0.2, 0.25) is 0 Å². The first-order valence-electron chi connectivity index (χ1n) is 21.8. The Morgan fingerprint density at radius 3 is 1.55 bits per heavy atom. The van der Waals surface area contributed by atoms with E-state index in [1.165, 1.54) is 27.8 Å². The Morgan fingerprint density at radius 1 is 0.323 bits per heavy atom. The van der Waals surface area contributed by atoms with E-state index in [0.717, 1.165) is 72.0 Å². The lowest BCUT2D eigenvalue weighted by molar-refractivity contribution is 0.618. The van der Waals surface area contributed by atoms with Gasteiger partial charge in [-0.05, 0) is 80.9 Å². The van der Waals surface area contributed by atoms with Crippen LogP contribution in [0.5, 0.6) is 0 Å². The average Bonchev–Trinajstić information content (AvgIpc) is 4.08. The first-order chi connectivity index (χ1) is 32.2. The fraction of sp³-hybridized carbons (Fsp3) is 0.0169. The van der Waals surface area contributed by atoms with Gasteiger partial charge in [0.05, 0.1) is 11.0 Å². The van der Waals surface area contributed by atoms with Crippen molar-refractivity contribution in [3.05, 3.63) is 241 Å². The zero-order valence-electron chi connectivity index (χ0n) is 34.9. The van der Waals surface area contributed by atoms with Gasteiger partial charge in [-0.3, -0.25) is 0 Å². The van der Waals surface area contributed by atoms with Gasteiger partial charge in [-0.25, -0.2) is 19.9 Å². The minimum Gasteiger partial charge on any atom is -0.455 e. The second-order valence-electron chi connectivity index (χ2n) is 16.5. The number of rotatable bonds is 7. The molecule has 6 nitrogen and oxygen atoms in total. The smallest absolute Gasteiger partial charge is 0.227 e. The van der Waals surface area contributed by atoms with Gasteiger partial charge in [0, 0.05) is 27.5 Å². The van der Waals surface area contributed by atoms with E-state index >= 15 is 0 Å². The van der Waals surface area contributed by atoms with Crippen LogP contribution in [0.3, 0.4) is 0 Å². The number of hydrogen-bond donors (Lipinski definition) is 0. The summed E-state index contributed by atoms with van der Waals surface area (Å²) in [7, 11) is 0. The summed E-state index contributed by atoms with van der Waals surface area (Å²) in [6.45, 7) is 0. The summed E-state index contributed by atoms with van der Waals surface area (Å²) in [5.74, 6) is 2.36. The van der Waals surface area contributed by atoms with Crippen LogP contribution in [-0.2, 0) is 5.41 Å². The van der Waals surface area contributed by atoms with E-state index in [0.29, 0.717) is 23.4 Å². The molecule has 1 aliphatic rings. The van der Waals surface area contributed by atoms with Crippen LogP contribution in [-0.4, -0.2) is 19.9 Å². The summed E-state index contributed by atoms with van der Waals surface area (Å²) in [5.41, 5.74) is 15.6. The molecule has 0 atom stereocenters. The Balaban J connectivity index is 0.899. The lowest BCUT2D eigenvalue weighted by Crippen LogP contribution is -2.28. The fourth-order valence-electron chi connectivity index (χ4n) is 9.88. The Hall–Kier alpha value is -8.74. The molecule has 12 aromatic rings. The Kier molecular flexibility index (Phi) is 8.33. The van der Waals surface area contributed by atoms with E-state index in [9.17, 15) is 0 Å². The number of fused-ring (bicyclic) bond motifs is 7. The van der Waals surface area contributed by atoms with E-state index in [1.54, 1.807) is 0 Å². The van der Waals surface area contributed by atoms with Gasteiger partial charge in [0.25, 0.3) is 0 Å². The third-order valence-corrected chi connectivity index (χ3v) is 12.9. The van der Waals surface area contributed by atoms with Crippen LogP contribution < -0.4 is 0 Å². The van der Waals surface area contributed by atoms with Crippen LogP contribution in [0.15, 0.2) is 227 Å². The summed E-state index contributed by atoms with van der Waals surface area (Å²) < 4.78 is 12.9. The van der Waals surface area contributed by atoms with Crippen molar-refractivity contribution in [2.75, 3.05) is 0 Å². The van der Waals surface area contributed by atoms with Crippen LogP contribution in [0.1, 0.15) is 22.3 Å². The number of benzene rings is 9. The zero-order chi connectivity index (χ0) is 42.9. The maximum atomic E-state index is 6.49. The molecule has 0 N–H and O–H groups in total. The molecule has 0 amide bonds. The van der Waals surface area contributed by atoms with E-state index in [-0.39, 0.29) is 0 Å². The van der Waals surface area contributed by atoms with E-state index in [1.807, 2.05) is 91.0 Å². The van der Waals surface area contributed by atoms with Crippen LogP contribution in [0.25, 0.3) is 101 Å². The minimum absolute atomic E-state index is 0.557. The summed E-state index contributed by atoms with van der Waals surface area (Å²) in [6.07, 6.45) is 0. The molecule has 0 bridgehead atoms. The van der Waals surface area contributed by atoms with Crippen molar-refractivity contribution in [3.8, 4) is 67.9 Å². The highest BCUT2D eigenvalue weighted by Gasteiger charge is 2.46. The number of aromatic nitrogens is 4.